The monoisotopic (exact) mass is 786 g/mol. The van der Waals surface area contributed by atoms with Gasteiger partial charge in [-0.05, 0) is 134 Å². The number of pyridine rings is 2. The number of nitrogens with one attached hydrogen (secondary N) is 2. The summed E-state index contributed by atoms with van der Waals surface area (Å²) in [5.41, 5.74) is 27.1. The maximum absolute atomic E-state index is 5.86. The Morgan fingerprint density at radius 1 is 0.518 bits per heavy atom. The van der Waals surface area contributed by atoms with Crippen LogP contribution in [0.25, 0.3) is 22.3 Å². The first-order valence-corrected chi connectivity index (χ1v) is 19.5. The number of anilines is 2. The summed E-state index contributed by atoms with van der Waals surface area (Å²) in [6, 6.07) is 41.1. The largest absolute Gasteiger partial charge is 0.383 e. The molecule has 0 saturated carbocycles. The van der Waals surface area contributed by atoms with Crippen molar-refractivity contribution >= 4 is 36.4 Å². The van der Waals surface area contributed by atoms with Gasteiger partial charge in [-0.25, -0.2) is 9.97 Å². The summed E-state index contributed by atoms with van der Waals surface area (Å²) in [5.74, 6) is 1.22. The summed E-state index contributed by atoms with van der Waals surface area (Å²) < 4.78 is 0. The minimum atomic E-state index is 0. The second-order valence-electron chi connectivity index (χ2n) is 15.3. The molecule has 292 valence electrons. The van der Waals surface area contributed by atoms with Crippen molar-refractivity contribution in [3.8, 4) is 22.3 Å². The molecule has 56 heavy (non-hydrogen) atoms. The normalized spacial score (nSPS) is 16.7. The van der Waals surface area contributed by atoms with Gasteiger partial charge in [-0.3, -0.25) is 0 Å². The van der Waals surface area contributed by atoms with Crippen LogP contribution < -0.4 is 22.1 Å². The predicted octanol–water partition coefficient (Wildman–Crippen LogP) is 10.5. The van der Waals surface area contributed by atoms with Gasteiger partial charge >= 0.3 is 0 Å². The Labute approximate surface area is 345 Å². The molecule has 4 atom stereocenters. The molecule has 0 unspecified atom stereocenters. The zero-order chi connectivity index (χ0) is 37.6. The number of nitrogens with zero attached hydrogens (tertiary/aromatic N) is 2. The highest BCUT2D eigenvalue weighted by Gasteiger charge is 2.22. The zero-order valence-electron chi connectivity index (χ0n) is 33.0. The predicted molar refractivity (Wildman–Crippen MR) is 240 cm³/mol. The lowest BCUT2D eigenvalue weighted by molar-refractivity contribution is 0.413. The van der Waals surface area contributed by atoms with Gasteiger partial charge < -0.3 is 22.1 Å². The van der Waals surface area contributed by atoms with Gasteiger partial charge in [-0.15, -0.1) is 24.8 Å². The Balaban J connectivity index is 0.000000207. The Hall–Kier alpha value is -4.72. The molecule has 4 aromatic carbocycles. The third-order valence-corrected chi connectivity index (χ3v) is 11.3. The first-order valence-electron chi connectivity index (χ1n) is 19.5. The van der Waals surface area contributed by atoms with Gasteiger partial charge in [0.25, 0.3) is 0 Å². The van der Waals surface area contributed by atoms with E-state index in [-0.39, 0.29) is 24.8 Å². The first kappa shape index (κ1) is 42.4. The van der Waals surface area contributed by atoms with Gasteiger partial charge in [0.1, 0.15) is 11.6 Å². The van der Waals surface area contributed by atoms with E-state index in [0.717, 1.165) is 47.9 Å². The molecule has 0 spiro atoms. The molecular weight excluding hydrogens is 731 g/mol. The molecule has 0 aliphatic heterocycles. The van der Waals surface area contributed by atoms with Crippen molar-refractivity contribution in [1.82, 2.24) is 20.6 Å². The molecule has 0 bridgehead atoms. The first-order chi connectivity index (χ1) is 26.2. The number of fused-ring (bicyclic) bond motifs is 2. The number of nitrogen functional groups attached to an aromatic ring is 2. The van der Waals surface area contributed by atoms with Crippen molar-refractivity contribution in [1.29, 1.82) is 0 Å². The van der Waals surface area contributed by atoms with Crippen LogP contribution in [0.15, 0.2) is 122 Å². The molecule has 2 aliphatic carbocycles. The molecule has 8 heteroatoms. The number of benzene rings is 4. The summed E-state index contributed by atoms with van der Waals surface area (Å²) >= 11 is 0. The van der Waals surface area contributed by atoms with Crippen LogP contribution in [-0.4, -0.2) is 22.1 Å². The summed E-state index contributed by atoms with van der Waals surface area (Å²) in [6.07, 6.45) is 10.5. The van der Waals surface area contributed by atoms with Crippen molar-refractivity contribution in [2.45, 2.75) is 90.4 Å². The van der Waals surface area contributed by atoms with Gasteiger partial charge in [0.05, 0.1) is 0 Å². The van der Waals surface area contributed by atoms with E-state index in [0.29, 0.717) is 35.8 Å². The lowest BCUT2D eigenvalue weighted by atomic mass is 9.86. The van der Waals surface area contributed by atoms with E-state index in [1.165, 1.54) is 57.3 Å². The third kappa shape index (κ3) is 10.4. The van der Waals surface area contributed by atoms with Crippen LogP contribution in [0, 0.1) is 13.8 Å². The Kier molecular flexibility index (Phi) is 14.7. The third-order valence-electron chi connectivity index (χ3n) is 11.3. The molecule has 2 aromatic heterocycles. The molecule has 0 amide bonds. The topological polar surface area (TPSA) is 102 Å². The standard InChI is InChI=1S/2C24H27N3.2ClH/c2*1-16-12-22(15-26-24(16)25)20-8-9-21-14-23(11-10-19(21)13-20)27-17(2)18-6-4-3-5-7-18;;/h2*3-9,12-13,15,17,23,27H,10-11,14H2,1-2H3,(H2,25,26);2*1H/t2*17-,23+;;/m00../s1. The van der Waals surface area contributed by atoms with Crippen molar-refractivity contribution in [2.75, 3.05) is 11.5 Å². The van der Waals surface area contributed by atoms with Crippen LogP contribution in [0.2, 0.25) is 0 Å². The lowest BCUT2D eigenvalue weighted by Gasteiger charge is -2.29. The lowest BCUT2D eigenvalue weighted by Crippen LogP contribution is -2.36. The Bertz CT molecular complexity index is 2040. The molecule has 0 fully saturated rings. The number of nitrogens with two attached hydrogens (primary N) is 2. The number of rotatable bonds is 8. The highest BCUT2D eigenvalue weighted by Crippen LogP contribution is 2.31. The quantitative estimate of drug-likeness (QED) is 0.123. The fourth-order valence-electron chi connectivity index (χ4n) is 8.02. The SMILES string of the molecule is Cc1cc(-c2ccc3c(c2)CC[C@@H](N[C@@H](C)c2ccccc2)C3)cnc1N.Cc1cc(-c2ccc3c(c2)CC[C@@H](N[C@@H](C)c2ccccc2)C3)cnc1N.Cl.Cl. The summed E-state index contributed by atoms with van der Waals surface area (Å²) in [6.45, 7) is 8.53. The Morgan fingerprint density at radius 2 is 0.911 bits per heavy atom. The van der Waals surface area contributed by atoms with Crippen LogP contribution in [0.5, 0.6) is 0 Å². The van der Waals surface area contributed by atoms with Crippen LogP contribution in [0.4, 0.5) is 11.6 Å². The maximum atomic E-state index is 5.86. The number of hydrogen-bond acceptors (Lipinski definition) is 6. The molecule has 2 aliphatic rings. The molecule has 6 N–H and O–H groups in total. The molecule has 0 radical (unpaired) electrons. The van der Waals surface area contributed by atoms with Gasteiger partial charge in [0, 0.05) is 47.7 Å². The molecule has 8 rings (SSSR count). The average molecular weight is 788 g/mol. The van der Waals surface area contributed by atoms with E-state index < -0.39 is 0 Å². The van der Waals surface area contributed by atoms with Crippen LogP contribution in [-0.2, 0) is 25.7 Å². The fraction of sp³-hybridized carbons (Fsp3) is 0.292. The summed E-state index contributed by atoms with van der Waals surface area (Å²) in [4.78, 5) is 8.62. The second-order valence-corrected chi connectivity index (χ2v) is 15.3. The molecule has 2 heterocycles. The maximum Gasteiger partial charge on any atom is 0.126 e. The summed E-state index contributed by atoms with van der Waals surface area (Å²) in [5, 5.41) is 7.62. The highest BCUT2D eigenvalue weighted by molar-refractivity contribution is 5.85. The van der Waals surface area contributed by atoms with Crippen LogP contribution in [0.1, 0.15) is 83.3 Å². The summed E-state index contributed by atoms with van der Waals surface area (Å²) in [7, 11) is 0. The minimum Gasteiger partial charge on any atom is -0.383 e. The van der Waals surface area contributed by atoms with E-state index in [9.17, 15) is 0 Å². The highest BCUT2D eigenvalue weighted by atomic mass is 35.5. The van der Waals surface area contributed by atoms with E-state index >= 15 is 0 Å². The number of hydrogen-bond donors (Lipinski definition) is 4. The van der Waals surface area contributed by atoms with Crippen molar-refractivity contribution in [3.63, 3.8) is 0 Å². The van der Waals surface area contributed by atoms with Gasteiger partial charge in [-0.1, -0.05) is 97.1 Å². The average Bonchev–Trinajstić information content (AvgIpc) is 3.20. The number of aryl methyl sites for hydroxylation is 4. The Morgan fingerprint density at radius 3 is 1.29 bits per heavy atom. The van der Waals surface area contributed by atoms with E-state index in [2.05, 4.69) is 144 Å². The van der Waals surface area contributed by atoms with Crippen LogP contribution >= 0.6 is 24.8 Å². The van der Waals surface area contributed by atoms with Gasteiger partial charge in [0.15, 0.2) is 0 Å². The minimum absolute atomic E-state index is 0. The van der Waals surface area contributed by atoms with E-state index in [1.54, 1.807) is 0 Å². The molecule has 0 saturated heterocycles. The smallest absolute Gasteiger partial charge is 0.126 e. The van der Waals surface area contributed by atoms with Gasteiger partial charge in [-0.2, -0.15) is 0 Å². The zero-order valence-corrected chi connectivity index (χ0v) is 34.6. The van der Waals surface area contributed by atoms with Crippen molar-refractivity contribution < 1.29 is 0 Å². The van der Waals surface area contributed by atoms with Crippen molar-refractivity contribution in [2.24, 2.45) is 0 Å². The number of halogens is 2. The van der Waals surface area contributed by atoms with E-state index in [1.807, 2.05) is 26.2 Å². The second kappa shape index (κ2) is 19.4. The molecule has 6 nitrogen and oxygen atoms in total. The fourth-order valence-corrected chi connectivity index (χ4v) is 8.02. The molecular formula is C48H56Cl2N6. The van der Waals surface area contributed by atoms with Crippen LogP contribution in [0.3, 0.4) is 0 Å². The van der Waals surface area contributed by atoms with Gasteiger partial charge in [0.2, 0.25) is 0 Å². The van der Waals surface area contributed by atoms with Crippen molar-refractivity contribution in [3.05, 3.63) is 166 Å². The number of aromatic nitrogens is 2. The molecule has 6 aromatic rings. The van der Waals surface area contributed by atoms with E-state index in [4.69, 9.17) is 11.5 Å².